The normalized spacial score (nSPS) is 14.3. The van der Waals surface area contributed by atoms with Gasteiger partial charge in [0.05, 0.1) is 9.95 Å². The first-order valence-corrected chi connectivity index (χ1v) is 6.10. The molecule has 1 aromatic carbocycles. The van der Waals surface area contributed by atoms with E-state index in [9.17, 15) is 14.5 Å². The third kappa shape index (κ3) is 2.97. The van der Waals surface area contributed by atoms with Crippen molar-refractivity contribution in [2.45, 2.75) is 32.2 Å². The van der Waals surface area contributed by atoms with Crippen LogP contribution in [0.2, 0.25) is 5.02 Å². The van der Waals surface area contributed by atoms with Crippen molar-refractivity contribution in [1.82, 2.24) is 5.32 Å². The second kappa shape index (κ2) is 6.11. The molecule has 0 aliphatic rings. The molecule has 2 unspecified atom stereocenters. The Morgan fingerprint density at radius 1 is 1.56 bits per heavy atom. The first-order chi connectivity index (χ1) is 8.42. The molecule has 0 fully saturated rings. The fraction of sp³-hybridized carbons (Fsp3) is 0.500. The Morgan fingerprint density at radius 3 is 2.61 bits per heavy atom. The standard InChI is InChI=1S/C12H16ClFN2O2/c1-4-8(7(2)15-3)9-5-11(14)10(13)6-12(9)16(17)18/h5-8,15H,4H2,1-3H3. The van der Waals surface area contributed by atoms with E-state index >= 15 is 0 Å². The third-order valence-electron chi connectivity index (χ3n) is 3.16. The summed E-state index contributed by atoms with van der Waals surface area (Å²) in [6, 6.07) is 2.26. The van der Waals surface area contributed by atoms with Crippen molar-refractivity contribution in [2.75, 3.05) is 7.05 Å². The molecule has 1 aromatic rings. The molecule has 0 bridgehead atoms. The molecule has 2 atom stereocenters. The zero-order valence-electron chi connectivity index (χ0n) is 10.5. The van der Waals surface area contributed by atoms with Gasteiger partial charge >= 0.3 is 0 Å². The lowest BCUT2D eigenvalue weighted by Gasteiger charge is -2.22. The van der Waals surface area contributed by atoms with E-state index < -0.39 is 10.7 Å². The molecular weight excluding hydrogens is 259 g/mol. The highest BCUT2D eigenvalue weighted by molar-refractivity contribution is 6.31. The van der Waals surface area contributed by atoms with Gasteiger partial charge in [0.1, 0.15) is 5.82 Å². The van der Waals surface area contributed by atoms with Gasteiger partial charge in [-0.15, -0.1) is 0 Å². The number of benzene rings is 1. The van der Waals surface area contributed by atoms with E-state index in [1.165, 1.54) is 6.07 Å². The molecule has 0 aliphatic carbocycles. The molecule has 0 aliphatic heterocycles. The zero-order valence-corrected chi connectivity index (χ0v) is 11.3. The number of hydrogen-bond acceptors (Lipinski definition) is 3. The van der Waals surface area contributed by atoms with Crippen LogP contribution in [0.15, 0.2) is 12.1 Å². The molecule has 0 radical (unpaired) electrons. The van der Waals surface area contributed by atoms with Gasteiger partial charge in [-0.05, 0) is 26.5 Å². The van der Waals surface area contributed by atoms with Crippen LogP contribution in [0.4, 0.5) is 10.1 Å². The molecule has 6 heteroatoms. The minimum absolute atomic E-state index is 0.00859. The van der Waals surface area contributed by atoms with Crippen LogP contribution in [-0.2, 0) is 0 Å². The minimum atomic E-state index is -0.626. The van der Waals surface area contributed by atoms with Gasteiger partial charge in [0.2, 0.25) is 0 Å². The van der Waals surface area contributed by atoms with Crippen molar-refractivity contribution in [2.24, 2.45) is 0 Å². The van der Waals surface area contributed by atoms with E-state index in [1.54, 1.807) is 7.05 Å². The van der Waals surface area contributed by atoms with Gasteiger partial charge in [0, 0.05) is 23.6 Å². The van der Waals surface area contributed by atoms with Crippen LogP contribution in [0.1, 0.15) is 31.7 Å². The number of likely N-dealkylation sites (N-methyl/N-ethyl adjacent to an activating group) is 1. The predicted molar refractivity (Wildman–Crippen MR) is 69.6 cm³/mol. The molecule has 100 valence electrons. The fourth-order valence-corrected chi connectivity index (χ4v) is 2.21. The number of nitro groups is 1. The highest BCUT2D eigenvalue weighted by Crippen LogP contribution is 2.34. The van der Waals surface area contributed by atoms with Crippen LogP contribution in [-0.4, -0.2) is 18.0 Å². The number of nitro benzene ring substituents is 1. The van der Waals surface area contributed by atoms with E-state index in [2.05, 4.69) is 5.32 Å². The van der Waals surface area contributed by atoms with E-state index in [4.69, 9.17) is 11.6 Å². The molecule has 0 saturated carbocycles. The maximum atomic E-state index is 13.5. The molecular formula is C12H16ClFN2O2. The summed E-state index contributed by atoms with van der Waals surface area (Å²) >= 11 is 5.60. The van der Waals surface area contributed by atoms with E-state index in [0.29, 0.717) is 12.0 Å². The first kappa shape index (κ1) is 14.9. The summed E-state index contributed by atoms with van der Waals surface area (Å²) in [5, 5.41) is 13.8. The molecule has 0 heterocycles. The van der Waals surface area contributed by atoms with Crippen molar-refractivity contribution in [3.8, 4) is 0 Å². The second-order valence-electron chi connectivity index (χ2n) is 4.17. The van der Waals surface area contributed by atoms with Crippen molar-refractivity contribution < 1.29 is 9.31 Å². The van der Waals surface area contributed by atoms with Gasteiger partial charge in [-0.3, -0.25) is 10.1 Å². The van der Waals surface area contributed by atoms with Crippen LogP contribution < -0.4 is 5.32 Å². The third-order valence-corrected chi connectivity index (χ3v) is 3.45. The van der Waals surface area contributed by atoms with Crippen molar-refractivity contribution >= 4 is 17.3 Å². The lowest BCUT2D eigenvalue weighted by molar-refractivity contribution is -0.385. The Morgan fingerprint density at radius 2 is 2.17 bits per heavy atom. The van der Waals surface area contributed by atoms with Gasteiger partial charge in [-0.25, -0.2) is 4.39 Å². The Bertz CT molecular complexity index is 454. The molecule has 1 rings (SSSR count). The monoisotopic (exact) mass is 274 g/mol. The molecule has 4 nitrogen and oxygen atoms in total. The SMILES string of the molecule is CCC(c1cc(F)c(Cl)cc1[N+](=O)[O-])C(C)NC. The highest BCUT2D eigenvalue weighted by Gasteiger charge is 2.26. The average molecular weight is 275 g/mol. The maximum absolute atomic E-state index is 13.5. The summed E-state index contributed by atoms with van der Waals surface area (Å²) in [5.74, 6) is -0.763. The first-order valence-electron chi connectivity index (χ1n) is 5.72. The summed E-state index contributed by atoms with van der Waals surface area (Å²) < 4.78 is 13.5. The smallest absolute Gasteiger partial charge is 0.274 e. The number of nitrogens with one attached hydrogen (secondary N) is 1. The average Bonchev–Trinajstić information content (AvgIpc) is 2.33. The number of rotatable bonds is 5. The van der Waals surface area contributed by atoms with E-state index in [-0.39, 0.29) is 22.7 Å². The summed E-state index contributed by atoms with van der Waals surface area (Å²) in [4.78, 5) is 10.5. The Kier molecular flexibility index (Phi) is 5.04. The van der Waals surface area contributed by atoms with Crippen LogP contribution in [0.3, 0.4) is 0 Å². The summed E-state index contributed by atoms with van der Waals surface area (Å²) in [5.41, 5.74) is 0.251. The molecule has 0 amide bonds. The summed E-state index contributed by atoms with van der Waals surface area (Å²) in [6.07, 6.45) is 0.671. The maximum Gasteiger partial charge on any atom is 0.274 e. The minimum Gasteiger partial charge on any atom is -0.317 e. The molecule has 0 spiro atoms. The van der Waals surface area contributed by atoms with Gasteiger partial charge in [0.15, 0.2) is 0 Å². The van der Waals surface area contributed by atoms with Crippen LogP contribution in [0, 0.1) is 15.9 Å². The van der Waals surface area contributed by atoms with Crippen LogP contribution in [0.5, 0.6) is 0 Å². The zero-order chi connectivity index (χ0) is 13.9. The lowest BCUT2D eigenvalue weighted by atomic mass is 9.89. The number of nitrogens with zero attached hydrogens (tertiary/aromatic N) is 1. The molecule has 0 aromatic heterocycles. The van der Waals surface area contributed by atoms with Crippen LogP contribution in [0.25, 0.3) is 0 Å². The number of halogens is 2. The number of hydrogen-bond donors (Lipinski definition) is 1. The van der Waals surface area contributed by atoms with Gasteiger partial charge in [0.25, 0.3) is 5.69 Å². The topological polar surface area (TPSA) is 55.2 Å². The summed E-state index contributed by atoms with van der Waals surface area (Å²) in [6.45, 7) is 3.82. The van der Waals surface area contributed by atoms with Gasteiger partial charge in [-0.2, -0.15) is 0 Å². The largest absolute Gasteiger partial charge is 0.317 e. The van der Waals surface area contributed by atoms with Gasteiger partial charge < -0.3 is 5.32 Å². The predicted octanol–water partition coefficient (Wildman–Crippen LogP) is 3.49. The van der Waals surface area contributed by atoms with Crippen molar-refractivity contribution in [3.05, 3.63) is 38.7 Å². The molecule has 0 saturated heterocycles. The fourth-order valence-electron chi connectivity index (χ4n) is 2.05. The second-order valence-corrected chi connectivity index (χ2v) is 4.58. The Balaban J connectivity index is 3.36. The molecule has 18 heavy (non-hydrogen) atoms. The lowest BCUT2D eigenvalue weighted by Crippen LogP contribution is -2.29. The van der Waals surface area contributed by atoms with Crippen molar-refractivity contribution in [1.29, 1.82) is 0 Å². The van der Waals surface area contributed by atoms with Gasteiger partial charge in [-0.1, -0.05) is 18.5 Å². The quantitative estimate of drug-likeness (QED) is 0.660. The Hall–Kier alpha value is -1.20. The van der Waals surface area contributed by atoms with E-state index in [0.717, 1.165) is 6.07 Å². The Labute approximate surface area is 110 Å². The molecule has 1 N–H and O–H groups in total. The highest BCUT2D eigenvalue weighted by atomic mass is 35.5. The summed E-state index contributed by atoms with van der Waals surface area (Å²) in [7, 11) is 1.77. The van der Waals surface area contributed by atoms with Crippen molar-refractivity contribution in [3.63, 3.8) is 0 Å². The van der Waals surface area contributed by atoms with Crippen LogP contribution >= 0.6 is 11.6 Å². The van der Waals surface area contributed by atoms with E-state index in [1.807, 2.05) is 13.8 Å².